The first-order valence-corrected chi connectivity index (χ1v) is 8.21. The number of esters is 1. The minimum Gasteiger partial charge on any atom is -0.772 e. The molecular weight excluding hydrogens is 338 g/mol. The maximum atomic E-state index is 14.4. The van der Waals surface area contributed by atoms with Crippen LogP contribution in [0.25, 0.3) is 11.1 Å². The van der Waals surface area contributed by atoms with Crippen molar-refractivity contribution in [3.8, 4) is 0 Å². The van der Waals surface area contributed by atoms with Crippen molar-refractivity contribution in [3.63, 3.8) is 0 Å². The monoisotopic (exact) mass is 349 g/mol. The zero-order valence-electron chi connectivity index (χ0n) is 12.3. The number of benzene rings is 2. The molecule has 4 nitrogen and oxygen atoms in total. The number of hydrogen-bond acceptors (Lipinski definition) is 4. The number of carbonyl (C=O) groups excluding carboxylic acids is 1. The molecule has 1 heterocycles. The molecule has 24 heavy (non-hydrogen) atoms. The molecule has 0 radical (unpaired) electrons. The minimum absolute atomic E-state index is 0.102. The highest BCUT2D eigenvalue weighted by atomic mass is 32.2. The Kier molecular flexibility index (Phi) is 4.55. The molecule has 3 rings (SSSR count). The Morgan fingerprint density at radius 1 is 1.12 bits per heavy atom. The van der Waals surface area contributed by atoms with E-state index in [4.69, 9.17) is 4.74 Å². The molecule has 0 aliphatic carbocycles. The van der Waals surface area contributed by atoms with E-state index in [1.54, 1.807) is 0 Å². The van der Waals surface area contributed by atoms with Crippen molar-refractivity contribution >= 4 is 28.2 Å². The van der Waals surface area contributed by atoms with E-state index >= 15 is 0 Å². The van der Waals surface area contributed by atoms with Crippen LogP contribution in [0.3, 0.4) is 0 Å². The minimum atomic E-state index is -2.32. The van der Waals surface area contributed by atoms with E-state index in [-0.39, 0.29) is 23.5 Å². The van der Waals surface area contributed by atoms with E-state index in [9.17, 15) is 22.3 Å². The van der Waals surface area contributed by atoms with E-state index in [2.05, 4.69) is 0 Å². The van der Waals surface area contributed by atoms with Crippen LogP contribution in [0.4, 0.5) is 8.78 Å². The van der Waals surface area contributed by atoms with Gasteiger partial charge in [-0.25, -0.2) is 13.6 Å². The Hall–Kier alpha value is -2.38. The third-order valence-electron chi connectivity index (χ3n) is 3.63. The third kappa shape index (κ3) is 3.27. The van der Waals surface area contributed by atoms with Gasteiger partial charge in [-0.1, -0.05) is 35.3 Å². The van der Waals surface area contributed by atoms with Gasteiger partial charge >= 0.3 is 5.97 Å². The second-order valence-electron chi connectivity index (χ2n) is 5.20. The van der Waals surface area contributed by atoms with Crippen molar-refractivity contribution in [1.29, 1.82) is 0 Å². The first kappa shape index (κ1) is 16.5. The molecule has 0 bridgehead atoms. The number of ether oxygens (including phenoxy) is 1. The van der Waals surface area contributed by atoms with Crippen molar-refractivity contribution in [2.24, 2.45) is 0 Å². The highest BCUT2D eigenvalue weighted by molar-refractivity contribution is 7.78. The Labute approximate surface area is 139 Å². The van der Waals surface area contributed by atoms with Crippen molar-refractivity contribution in [3.05, 3.63) is 70.8 Å². The van der Waals surface area contributed by atoms with Crippen LogP contribution >= 0.6 is 0 Å². The topological polar surface area (TPSA) is 66.4 Å². The van der Waals surface area contributed by atoms with Crippen LogP contribution in [0.1, 0.15) is 16.7 Å². The lowest BCUT2D eigenvalue weighted by Crippen LogP contribution is -1.99. The molecule has 0 saturated heterocycles. The molecule has 0 N–H and O–H groups in total. The zero-order valence-corrected chi connectivity index (χ0v) is 13.1. The van der Waals surface area contributed by atoms with Crippen LogP contribution < -0.4 is 0 Å². The van der Waals surface area contributed by atoms with Crippen molar-refractivity contribution in [1.82, 2.24) is 0 Å². The number of cyclic esters (lactones) is 1. The van der Waals surface area contributed by atoms with Crippen LogP contribution in [-0.4, -0.2) is 21.3 Å². The fraction of sp³-hybridized carbons (Fsp3) is 0.118. The molecule has 0 fully saturated rings. The summed E-state index contributed by atoms with van der Waals surface area (Å²) in [4.78, 5) is 12.0. The number of hydrogen-bond donors (Lipinski definition) is 0. The van der Waals surface area contributed by atoms with E-state index in [0.717, 1.165) is 6.07 Å². The average molecular weight is 349 g/mol. The smallest absolute Gasteiger partial charge is 0.339 e. The second kappa shape index (κ2) is 6.62. The summed E-state index contributed by atoms with van der Waals surface area (Å²) >= 11 is -2.32. The van der Waals surface area contributed by atoms with Crippen LogP contribution in [0.5, 0.6) is 0 Å². The summed E-state index contributed by atoms with van der Waals surface area (Å²) in [6, 6.07) is 9.26. The Morgan fingerprint density at radius 2 is 1.83 bits per heavy atom. The van der Waals surface area contributed by atoms with Gasteiger partial charge < -0.3 is 9.29 Å². The molecular formula is C17H11F2O4S-. The summed E-state index contributed by atoms with van der Waals surface area (Å²) in [5, 5.41) is 0. The molecule has 0 saturated carbocycles. The molecule has 1 atom stereocenters. The lowest BCUT2D eigenvalue weighted by molar-refractivity contribution is -0.133. The van der Waals surface area contributed by atoms with Gasteiger partial charge in [-0.15, -0.1) is 0 Å². The van der Waals surface area contributed by atoms with E-state index < -0.39 is 28.7 Å². The highest BCUT2D eigenvalue weighted by Crippen LogP contribution is 2.34. The normalized spacial score (nSPS) is 15.5. The van der Waals surface area contributed by atoms with Crippen molar-refractivity contribution in [2.75, 3.05) is 6.61 Å². The predicted octanol–water partition coefficient (Wildman–Crippen LogP) is 2.81. The zero-order chi connectivity index (χ0) is 17.3. The molecule has 2 aromatic carbocycles. The molecule has 0 amide bonds. The van der Waals surface area contributed by atoms with Gasteiger partial charge in [-0.05, 0) is 29.3 Å². The van der Waals surface area contributed by atoms with Gasteiger partial charge in [0.05, 0.1) is 5.57 Å². The molecule has 1 aliphatic rings. The quantitative estimate of drug-likeness (QED) is 0.629. The van der Waals surface area contributed by atoms with Gasteiger partial charge in [-0.2, -0.15) is 0 Å². The average Bonchev–Trinajstić information content (AvgIpc) is 2.89. The highest BCUT2D eigenvalue weighted by Gasteiger charge is 2.28. The number of halogens is 2. The van der Waals surface area contributed by atoms with E-state index in [1.807, 2.05) is 0 Å². The van der Waals surface area contributed by atoms with Crippen molar-refractivity contribution in [2.45, 2.75) is 5.75 Å². The van der Waals surface area contributed by atoms with E-state index in [0.29, 0.717) is 16.7 Å². The predicted molar refractivity (Wildman–Crippen MR) is 83.2 cm³/mol. The fourth-order valence-corrected chi connectivity index (χ4v) is 3.01. The van der Waals surface area contributed by atoms with Crippen LogP contribution in [0.15, 0.2) is 42.5 Å². The molecule has 1 unspecified atom stereocenters. The van der Waals surface area contributed by atoms with Gasteiger partial charge in [0.25, 0.3) is 0 Å². The summed E-state index contributed by atoms with van der Waals surface area (Å²) in [7, 11) is 0. The first-order valence-electron chi connectivity index (χ1n) is 6.96. The number of carbonyl (C=O) groups is 1. The van der Waals surface area contributed by atoms with Crippen molar-refractivity contribution < 1.29 is 27.1 Å². The Bertz CT molecular complexity index is 859. The van der Waals surface area contributed by atoms with Gasteiger partial charge in [0.1, 0.15) is 18.2 Å². The molecule has 0 aromatic heterocycles. The maximum Gasteiger partial charge on any atom is 0.339 e. The van der Waals surface area contributed by atoms with Gasteiger partial charge in [0.15, 0.2) is 0 Å². The Morgan fingerprint density at radius 3 is 2.46 bits per heavy atom. The fourth-order valence-electron chi connectivity index (χ4n) is 2.56. The summed E-state index contributed by atoms with van der Waals surface area (Å²) in [5.41, 5.74) is 1.41. The maximum absolute atomic E-state index is 14.4. The summed E-state index contributed by atoms with van der Waals surface area (Å²) in [5.74, 6) is -2.00. The van der Waals surface area contributed by atoms with Crippen LogP contribution in [-0.2, 0) is 26.4 Å². The third-order valence-corrected chi connectivity index (χ3v) is 4.20. The second-order valence-corrected chi connectivity index (χ2v) is 6.10. The number of rotatable bonds is 4. The van der Waals surface area contributed by atoms with Gasteiger partial charge in [0.2, 0.25) is 0 Å². The molecule has 0 spiro atoms. The van der Waals surface area contributed by atoms with Gasteiger partial charge in [0, 0.05) is 16.9 Å². The molecule has 2 aromatic rings. The molecule has 7 heteroatoms. The van der Waals surface area contributed by atoms with Crippen LogP contribution in [0, 0.1) is 11.6 Å². The van der Waals surface area contributed by atoms with E-state index in [1.165, 1.54) is 36.4 Å². The lowest BCUT2D eigenvalue weighted by Gasteiger charge is -2.09. The molecule has 124 valence electrons. The first-order chi connectivity index (χ1) is 11.5. The summed E-state index contributed by atoms with van der Waals surface area (Å²) in [6.07, 6.45) is 0. The lowest BCUT2D eigenvalue weighted by atomic mass is 9.95. The molecule has 1 aliphatic heterocycles. The van der Waals surface area contributed by atoms with Gasteiger partial charge in [-0.3, -0.25) is 4.21 Å². The largest absolute Gasteiger partial charge is 0.772 e. The summed E-state index contributed by atoms with van der Waals surface area (Å²) in [6.45, 7) is -0.102. The van der Waals surface area contributed by atoms with Crippen LogP contribution in [0.2, 0.25) is 0 Å². The summed E-state index contributed by atoms with van der Waals surface area (Å²) < 4.78 is 53.8. The standard InChI is InChI=1S/C17H12F2O4S/c18-12-4-2-11(3-5-12)16-14(8-23-17(16)20)13-6-1-10(7-15(13)19)9-24(21)22/h1-7H,8-9H2,(H,21,22)/p-1. The Balaban J connectivity index is 2.07. The SMILES string of the molecule is O=C1OCC(c2ccc(CS(=O)[O-])cc2F)=C1c1ccc(F)cc1.